The fourth-order valence-corrected chi connectivity index (χ4v) is 2.39. The Hall–Kier alpha value is -1.61. The molecule has 0 aromatic heterocycles. The molecule has 1 aromatic carbocycles. The van der Waals surface area contributed by atoms with Gasteiger partial charge in [0.1, 0.15) is 0 Å². The topological polar surface area (TPSA) is 32.3 Å². The highest BCUT2D eigenvalue weighted by Gasteiger charge is 2.19. The molecule has 1 unspecified atom stereocenters. The maximum Gasteiger partial charge on any atom is 0.227 e. The van der Waals surface area contributed by atoms with Crippen molar-refractivity contribution < 1.29 is 4.79 Å². The molecular weight excluding hydrogens is 236 g/mol. The van der Waals surface area contributed by atoms with Crippen molar-refractivity contribution in [3.05, 3.63) is 42.0 Å². The summed E-state index contributed by atoms with van der Waals surface area (Å²) in [5, 5.41) is 3.09. The molecule has 0 aliphatic heterocycles. The third-order valence-electron chi connectivity index (χ3n) is 3.40. The Morgan fingerprint density at radius 2 is 2.11 bits per heavy atom. The van der Waals surface area contributed by atoms with E-state index >= 15 is 0 Å². The molecule has 0 saturated carbocycles. The molecule has 1 amide bonds. The summed E-state index contributed by atoms with van der Waals surface area (Å²) in [6.45, 7) is 0.834. The van der Waals surface area contributed by atoms with Gasteiger partial charge in [0.25, 0.3) is 0 Å². The van der Waals surface area contributed by atoms with Crippen molar-refractivity contribution in [2.45, 2.75) is 25.8 Å². The second-order valence-electron chi connectivity index (χ2n) is 5.37. The molecular formula is C16H22N2O. The zero-order chi connectivity index (χ0) is 13.7. The molecule has 1 aromatic rings. The highest BCUT2D eigenvalue weighted by Crippen LogP contribution is 2.22. The van der Waals surface area contributed by atoms with Crippen molar-refractivity contribution >= 4 is 11.6 Å². The first kappa shape index (κ1) is 13.8. The van der Waals surface area contributed by atoms with Crippen molar-refractivity contribution in [1.82, 2.24) is 4.90 Å². The predicted molar refractivity (Wildman–Crippen MR) is 78.9 cm³/mol. The summed E-state index contributed by atoms with van der Waals surface area (Å²) in [7, 11) is 4.06. The average molecular weight is 258 g/mol. The fraction of sp³-hybridized carbons (Fsp3) is 0.438. The highest BCUT2D eigenvalue weighted by molar-refractivity contribution is 5.93. The van der Waals surface area contributed by atoms with Crippen LogP contribution in [0.4, 0.5) is 5.69 Å². The molecule has 0 bridgehead atoms. The minimum absolute atomic E-state index is 0.123. The van der Waals surface area contributed by atoms with Gasteiger partial charge in [-0.25, -0.2) is 0 Å². The molecule has 19 heavy (non-hydrogen) atoms. The maximum atomic E-state index is 12.2. The Labute approximate surface area is 115 Å². The van der Waals surface area contributed by atoms with Crippen LogP contribution < -0.4 is 5.32 Å². The van der Waals surface area contributed by atoms with E-state index < -0.39 is 0 Å². The van der Waals surface area contributed by atoms with Crippen LogP contribution >= 0.6 is 0 Å². The lowest BCUT2D eigenvalue weighted by Crippen LogP contribution is -2.24. The zero-order valence-corrected chi connectivity index (χ0v) is 11.7. The van der Waals surface area contributed by atoms with Crippen LogP contribution in [0.25, 0.3) is 0 Å². The lowest BCUT2D eigenvalue weighted by atomic mass is 9.93. The van der Waals surface area contributed by atoms with E-state index in [0.717, 1.165) is 37.1 Å². The second kappa shape index (κ2) is 6.53. The standard InChI is InChI=1S/C16H22N2O/c1-18(2)12-14-10-6-7-11-15(14)17-16(19)13-8-4-3-5-9-13/h3-4,6-7,10-11,13H,5,8-9,12H2,1-2H3,(H,17,19). The smallest absolute Gasteiger partial charge is 0.227 e. The molecule has 1 aliphatic carbocycles. The van der Waals surface area contributed by atoms with Gasteiger partial charge in [0.15, 0.2) is 0 Å². The van der Waals surface area contributed by atoms with Crippen LogP contribution in [0.3, 0.4) is 0 Å². The van der Waals surface area contributed by atoms with E-state index in [4.69, 9.17) is 0 Å². The van der Waals surface area contributed by atoms with E-state index in [9.17, 15) is 4.79 Å². The number of hydrogen-bond acceptors (Lipinski definition) is 2. The Balaban J connectivity index is 2.05. The number of benzene rings is 1. The van der Waals surface area contributed by atoms with E-state index in [1.54, 1.807) is 0 Å². The Morgan fingerprint density at radius 1 is 1.32 bits per heavy atom. The van der Waals surface area contributed by atoms with Gasteiger partial charge in [-0.3, -0.25) is 4.79 Å². The average Bonchev–Trinajstić information content (AvgIpc) is 2.41. The van der Waals surface area contributed by atoms with Crippen molar-refractivity contribution in [2.24, 2.45) is 5.92 Å². The molecule has 1 N–H and O–H groups in total. The monoisotopic (exact) mass is 258 g/mol. The van der Waals surface area contributed by atoms with E-state index in [1.807, 2.05) is 32.3 Å². The number of hydrogen-bond donors (Lipinski definition) is 1. The Kier molecular flexibility index (Phi) is 4.74. The molecule has 2 rings (SSSR count). The van der Waals surface area contributed by atoms with E-state index in [1.165, 1.54) is 0 Å². The minimum Gasteiger partial charge on any atom is -0.326 e. The quantitative estimate of drug-likeness (QED) is 0.842. The van der Waals surface area contributed by atoms with Gasteiger partial charge in [-0.05, 0) is 45.0 Å². The summed E-state index contributed by atoms with van der Waals surface area (Å²) in [5.41, 5.74) is 2.10. The molecule has 1 atom stereocenters. The van der Waals surface area contributed by atoms with Crippen LogP contribution in [0.1, 0.15) is 24.8 Å². The molecule has 102 valence electrons. The summed E-state index contributed by atoms with van der Waals surface area (Å²) in [4.78, 5) is 14.4. The number of allylic oxidation sites excluding steroid dienone is 2. The van der Waals surface area contributed by atoms with Crippen LogP contribution in [0, 0.1) is 5.92 Å². The molecule has 0 spiro atoms. The Bertz CT molecular complexity index is 466. The number of anilines is 1. The second-order valence-corrected chi connectivity index (χ2v) is 5.37. The molecule has 0 fully saturated rings. The van der Waals surface area contributed by atoms with Crippen LogP contribution in [0.5, 0.6) is 0 Å². The van der Waals surface area contributed by atoms with Gasteiger partial charge in [0.05, 0.1) is 0 Å². The van der Waals surface area contributed by atoms with Gasteiger partial charge in [0, 0.05) is 18.2 Å². The zero-order valence-electron chi connectivity index (χ0n) is 11.7. The van der Waals surface area contributed by atoms with Crippen LogP contribution in [-0.4, -0.2) is 24.9 Å². The minimum atomic E-state index is 0.123. The summed E-state index contributed by atoms with van der Waals surface area (Å²) in [6.07, 6.45) is 7.10. The van der Waals surface area contributed by atoms with Gasteiger partial charge in [-0.2, -0.15) is 0 Å². The number of rotatable bonds is 4. The lowest BCUT2D eigenvalue weighted by molar-refractivity contribution is -0.120. The third kappa shape index (κ3) is 3.93. The highest BCUT2D eigenvalue weighted by atomic mass is 16.1. The molecule has 0 heterocycles. The molecule has 0 radical (unpaired) electrons. The summed E-state index contributed by atoms with van der Waals surface area (Å²) < 4.78 is 0. The van der Waals surface area contributed by atoms with Crippen molar-refractivity contribution in [1.29, 1.82) is 0 Å². The molecule has 1 aliphatic rings. The SMILES string of the molecule is CN(C)Cc1ccccc1NC(=O)C1CC=CCC1. The number of carbonyl (C=O) groups excluding carboxylic acids is 1. The van der Waals surface area contributed by atoms with Crippen LogP contribution in [0.2, 0.25) is 0 Å². The van der Waals surface area contributed by atoms with E-state index in [2.05, 4.69) is 28.4 Å². The van der Waals surface area contributed by atoms with Crippen molar-refractivity contribution in [3.8, 4) is 0 Å². The number of nitrogens with one attached hydrogen (secondary N) is 1. The fourth-order valence-electron chi connectivity index (χ4n) is 2.39. The van der Waals surface area contributed by atoms with Crippen LogP contribution in [0.15, 0.2) is 36.4 Å². The van der Waals surface area contributed by atoms with Gasteiger partial charge < -0.3 is 10.2 Å². The maximum absolute atomic E-state index is 12.2. The van der Waals surface area contributed by atoms with Crippen LogP contribution in [-0.2, 0) is 11.3 Å². The van der Waals surface area contributed by atoms with Gasteiger partial charge in [-0.1, -0.05) is 30.4 Å². The van der Waals surface area contributed by atoms with Crippen molar-refractivity contribution in [2.75, 3.05) is 19.4 Å². The normalized spacial score (nSPS) is 18.6. The van der Waals surface area contributed by atoms with Gasteiger partial charge in [0.2, 0.25) is 5.91 Å². The first-order valence-electron chi connectivity index (χ1n) is 6.85. The number of para-hydroxylation sites is 1. The summed E-state index contributed by atoms with van der Waals surface area (Å²) >= 11 is 0. The number of amides is 1. The predicted octanol–water partition coefficient (Wildman–Crippen LogP) is 3.04. The summed E-state index contributed by atoms with van der Waals surface area (Å²) in [6, 6.07) is 8.03. The molecule has 3 nitrogen and oxygen atoms in total. The summed E-state index contributed by atoms with van der Waals surface area (Å²) in [5.74, 6) is 0.271. The lowest BCUT2D eigenvalue weighted by Gasteiger charge is -2.19. The first-order chi connectivity index (χ1) is 9.16. The van der Waals surface area contributed by atoms with Gasteiger partial charge in [-0.15, -0.1) is 0 Å². The third-order valence-corrected chi connectivity index (χ3v) is 3.40. The van der Waals surface area contributed by atoms with Crippen molar-refractivity contribution in [3.63, 3.8) is 0 Å². The van der Waals surface area contributed by atoms with Gasteiger partial charge >= 0.3 is 0 Å². The Morgan fingerprint density at radius 3 is 2.79 bits per heavy atom. The van der Waals surface area contributed by atoms with E-state index in [-0.39, 0.29) is 11.8 Å². The first-order valence-corrected chi connectivity index (χ1v) is 6.85. The number of carbonyl (C=O) groups is 1. The largest absolute Gasteiger partial charge is 0.326 e. The van der Waals surface area contributed by atoms with E-state index in [0.29, 0.717) is 0 Å². The number of nitrogens with zero attached hydrogens (tertiary/aromatic N) is 1. The molecule has 3 heteroatoms. The molecule has 0 saturated heterocycles.